The van der Waals surface area contributed by atoms with E-state index in [2.05, 4.69) is 15.9 Å². The predicted octanol–water partition coefficient (Wildman–Crippen LogP) is 2.03. The maximum absolute atomic E-state index is 12.2. The van der Waals surface area contributed by atoms with Crippen molar-refractivity contribution in [1.82, 2.24) is 4.57 Å². The molecule has 0 aliphatic heterocycles. The van der Waals surface area contributed by atoms with Crippen molar-refractivity contribution in [1.29, 1.82) is 0 Å². The Morgan fingerprint density at radius 1 is 1.56 bits per heavy atom. The van der Waals surface area contributed by atoms with E-state index in [1.165, 1.54) is 7.11 Å². The first-order valence-corrected chi connectivity index (χ1v) is 5.95. The molecule has 2 aromatic rings. The maximum Gasteiger partial charge on any atom is 0.338 e. The van der Waals surface area contributed by atoms with Crippen molar-refractivity contribution in [2.45, 2.75) is 6.92 Å². The molecule has 1 aromatic carbocycles. The van der Waals surface area contributed by atoms with Crippen LogP contribution in [-0.4, -0.2) is 22.8 Å². The fourth-order valence-electron chi connectivity index (χ4n) is 2.08. The predicted molar refractivity (Wildman–Crippen MR) is 68.3 cm³/mol. The summed E-state index contributed by atoms with van der Waals surface area (Å²) >= 11 is 3.25. The molecule has 0 bridgehead atoms. The number of carboxylic acid groups (broad SMARTS) is 1. The summed E-state index contributed by atoms with van der Waals surface area (Å²) in [7, 11) is 3.10. The summed E-state index contributed by atoms with van der Waals surface area (Å²) in [6, 6.07) is 1.69. The van der Waals surface area contributed by atoms with E-state index in [4.69, 9.17) is 4.74 Å². The van der Waals surface area contributed by atoms with Gasteiger partial charge < -0.3 is 19.5 Å². The van der Waals surface area contributed by atoms with Gasteiger partial charge >= 0.3 is 5.97 Å². The largest absolute Gasteiger partial charge is 0.869 e. The Labute approximate surface area is 112 Å². The van der Waals surface area contributed by atoms with Crippen molar-refractivity contribution in [3.63, 3.8) is 0 Å². The van der Waals surface area contributed by atoms with Crippen LogP contribution in [0.3, 0.4) is 0 Å². The van der Waals surface area contributed by atoms with E-state index in [-0.39, 0.29) is 16.7 Å². The molecule has 6 heteroatoms. The zero-order chi connectivity index (χ0) is 13.6. The molecular formula is C12H11BrNO4-. The number of aromatic carboxylic acids is 1. The molecule has 0 aliphatic rings. The van der Waals surface area contributed by atoms with Gasteiger partial charge in [-0.3, -0.25) is 0 Å². The third kappa shape index (κ3) is 1.56. The van der Waals surface area contributed by atoms with Crippen molar-refractivity contribution >= 4 is 32.8 Å². The first kappa shape index (κ1) is 12.8. The Balaban J connectivity index is 3.03. The highest BCUT2D eigenvalue weighted by atomic mass is 79.9. The minimum atomic E-state index is -1.11. The molecule has 96 valence electrons. The lowest BCUT2D eigenvalue weighted by atomic mass is 10.1. The molecule has 0 aliphatic carbocycles. The number of benzene rings is 1. The van der Waals surface area contributed by atoms with Gasteiger partial charge in [0.05, 0.1) is 17.1 Å². The lowest BCUT2D eigenvalue weighted by Gasteiger charge is -2.16. The normalized spacial score (nSPS) is 10.9. The van der Waals surface area contributed by atoms with E-state index >= 15 is 0 Å². The molecular weight excluding hydrogens is 302 g/mol. The molecule has 0 saturated carbocycles. The zero-order valence-electron chi connectivity index (χ0n) is 10.1. The fraction of sp³-hybridized carbons (Fsp3) is 0.250. The van der Waals surface area contributed by atoms with Crippen LogP contribution in [0.4, 0.5) is 0 Å². The van der Waals surface area contributed by atoms with Gasteiger partial charge in [-0.1, -0.05) is 5.75 Å². The average Bonchev–Trinajstić information content (AvgIpc) is 2.54. The van der Waals surface area contributed by atoms with Crippen LogP contribution in [0.1, 0.15) is 16.1 Å². The van der Waals surface area contributed by atoms with Crippen molar-refractivity contribution < 1.29 is 19.7 Å². The number of fused-ring (bicyclic) bond motifs is 1. The molecule has 0 fully saturated rings. The molecule has 0 radical (unpaired) electrons. The number of carbonyl (C=O) groups is 1. The Hall–Kier alpha value is -1.69. The number of carboxylic acids is 1. The van der Waals surface area contributed by atoms with Crippen molar-refractivity contribution in [2.24, 2.45) is 7.05 Å². The third-order valence-corrected chi connectivity index (χ3v) is 3.65. The number of halogens is 1. The second-order valence-corrected chi connectivity index (χ2v) is 4.79. The lowest BCUT2D eigenvalue weighted by molar-refractivity contribution is -0.267. The quantitative estimate of drug-likeness (QED) is 0.920. The molecule has 1 heterocycles. The molecule has 5 nitrogen and oxygen atoms in total. The van der Waals surface area contributed by atoms with Gasteiger partial charge in [-0.15, -0.1) is 0 Å². The summed E-state index contributed by atoms with van der Waals surface area (Å²) in [5.74, 6) is -1.40. The summed E-state index contributed by atoms with van der Waals surface area (Å²) < 4.78 is 7.20. The molecule has 0 spiro atoms. The van der Waals surface area contributed by atoms with Crippen LogP contribution in [0, 0.1) is 6.92 Å². The summed E-state index contributed by atoms with van der Waals surface area (Å²) in [5, 5.41) is 21.7. The van der Waals surface area contributed by atoms with Crippen LogP contribution in [0.2, 0.25) is 0 Å². The smallest absolute Gasteiger partial charge is 0.338 e. The summed E-state index contributed by atoms with van der Waals surface area (Å²) in [4.78, 5) is 11.3. The molecule has 0 amide bonds. The maximum atomic E-state index is 12.2. The third-order valence-electron chi connectivity index (χ3n) is 3.06. The number of nitrogens with zero attached hydrogens (tertiary/aromatic N) is 1. The summed E-state index contributed by atoms with van der Waals surface area (Å²) in [6.07, 6.45) is 0. The van der Waals surface area contributed by atoms with Crippen LogP contribution in [0.25, 0.3) is 10.9 Å². The number of hydrogen-bond donors (Lipinski definition) is 1. The first-order chi connectivity index (χ1) is 8.40. The number of aryl methyl sites for hydroxylation is 1. The summed E-state index contributed by atoms with van der Waals surface area (Å²) in [5.41, 5.74) is 1.14. The highest BCUT2D eigenvalue weighted by molar-refractivity contribution is 9.10. The van der Waals surface area contributed by atoms with Gasteiger partial charge in [0, 0.05) is 23.6 Å². The second kappa shape index (κ2) is 4.20. The lowest BCUT2D eigenvalue weighted by Crippen LogP contribution is -2.02. The standard InChI is InChI=1S/C12H12BrNO4/c1-5-8(12(16)17)9-7(14(5)2)4-6(13)11(18-3)10(9)15/h4,15H,1-3H3,(H,16,17)/p-1. The van der Waals surface area contributed by atoms with Crippen LogP contribution >= 0.6 is 15.9 Å². The van der Waals surface area contributed by atoms with E-state index in [1.807, 2.05) is 0 Å². The van der Waals surface area contributed by atoms with Gasteiger partial charge in [0.25, 0.3) is 0 Å². The average molecular weight is 313 g/mol. The fourth-order valence-corrected chi connectivity index (χ4v) is 2.64. The second-order valence-electron chi connectivity index (χ2n) is 3.94. The van der Waals surface area contributed by atoms with Crippen LogP contribution in [-0.2, 0) is 7.05 Å². The monoisotopic (exact) mass is 312 g/mol. The van der Waals surface area contributed by atoms with E-state index in [1.54, 1.807) is 24.6 Å². The van der Waals surface area contributed by atoms with E-state index in [0.29, 0.717) is 15.7 Å². The topological polar surface area (TPSA) is 74.5 Å². The number of hydrogen-bond acceptors (Lipinski definition) is 3. The molecule has 2 rings (SSSR count). The first-order valence-electron chi connectivity index (χ1n) is 5.15. The van der Waals surface area contributed by atoms with E-state index in [9.17, 15) is 15.0 Å². The zero-order valence-corrected chi connectivity index (χ0v) is 11.7. The van der Waals surface area contributed by atoms with Crippen molar-refractivity contribution in [2.75, 3.05) is 7.11 Å². The minimum absolute atomic E-state index is 0.0308. The molecule has 1 aromatic heterocycles. The Morgan fingerprint density at radius 2 is 2.17 bits per heavy atom. The SMILES string of the molecule is COc1c(Br)cc2c(c1[O-])c(C(=O)O)c(C)n2C. The Bertz CT molecular complexity index is 660. The van der Waals surface area contributed by atoms with Gasteiger partial charge in [0.15, 0.2) is 0 Å². The van der Waals surface area contributed by atoms with Crippen LogP contribution < -0.4 is 9.84 Å². The molecule has 0 saturated heterocycles. The Morgan fingerprint density at radius 3 is 2.67 bits per heavy atom. The van der Waals surface area contributed by atoms with Gasteiger partial charge in [-0.25, -0.2) is 4.79 Å². The van der Waals surface area contributed by atoms with E-state index in [0.717, 1.165) is 0 Å². The van der Waals surface area contributed by atoms with Crippen LogP contribution in [0.5, 0.6) is 11.5 Å². The summed E-state index contributed by atoms with van der Waals surface area (Å²) in [6.45, 7) is 1.67. The van der Waals surface area contributed by atoms with Crippen LogP contribution in [0.15, 0.2) is 10.5 Å². The highest BCUT2D eigenvalue weighted by Crippen LogP contribution is 2.42. The molecule has 0 unspecified atom stereocenters. The number of aromatic nitrogens is 1. The molecule has 18 heavy (non-hydrogen) atoms. The molecule has 1 N–H and O–H groups in total. The van der Waals surface area contributed by atoms with Gasteiger partial charge in [-0.2, -0.15) is 0 Å². The number of rotatable bonds is 2. The van der Waals surface area contributed by atoms with Gasteiger partial charge in [0.2, 0.25) is 0 Å². The van der Waals surface area contributed by atoms with Gasteiger partial charge in [-0.05, 0) is 28.9 Å². The molecule has 0 atom stereocenters. The van der Waals surface area contributed by atoms with Crippen molar-refractivity contribution in [3.8, 4) is 11.5 Å². The Kier molecular flexibility index (Phi) is 2.98. The number of methoxy groups -OCH3 is 1. The van der Waals surface area contributed by atoms with Gasteiger partial charge in [0.1, 0.15) is 5.75 Å². The van der Waals surface area contributed by atoms with E-state index < -0.39 is 11.7 Å². The van der Waals surface area contributed by atoms with Crippen molar-refractivity contribution in [3.05, 3.63) is 21.8 Å². The highest BCUT2D eigenvalue weighted by Gasteiger charge is 2.20. The minimum Gasteiger partial charge on any atom is -0.869 e. The number of ether oxygens (including phenoxy) is 1.